The highest BCUT2D eigenvalue weighted by Crippen LogP contribution is 2.28. The molecule has 0 aromatic heterocycles. The van der Waals surface area contributed by atoms with Crippen LogP contribution in [0.3, 0.4) is 0 Å². The van der Waals surface area contributed by atoms with Crippen molar-refractivity contribution in [3.8, 4) is 0 Å². The van der Waals surface area contributed by atoms with Crippen LogP contribution in [0.2, 0.25) is 0 Å². The van der Waals surface area contributed by atoms with Gasteiger partial charge in [-0.25, -0.2) is 0 Å². The molecule has 0 radical (unpaired) electrons. The van der Waals surface area contributed by atoms with Crippen LogP contribution in [0, 0.1) is 5.92 Å². The summed E-state index contributed by atoms with van der Waals surface area (Å²) in [6, 6.07) is 0.654. The van der Waals surface area contributed by atoms with Crippen molar-refractivity contribution in [3.05, 3.63) is 0 Å². The van der Waals surface area contributed by atoms with Gasteiger partial charge in [0, 0.05) is 32.2 Å². The molecule has 6 heteroatoms. The van der Waals surface area contributed by atoms with Crippen molar-refractivity contribution in [2.75, 3.05) is 45.8 Å². The van der Waals surface area contributed by atoms with Crippen molar-refractivity contribution in [3.63, 3.8) is 0 Å². The summed E-state index contributed by atoms with van der Waals surface area (Å²) in [6.07, 6.45) is 0.993. The van der Waals surface area contributed by atoms with E-state index >= 15 is 0 Å². The maximum Gasteiger partial charge on any atom is 0.401 e. The number of nitrogens with one attached hydrogen (secondary N) is 1. The molecule has 0 amide bonds. The van der Waals surface area contributed by atoms with E-state index in [0.717, 1.165) is 32.1 Å². The van der Waals surface area contributed by atoms with Gasteiger partial charge in [-0.2, -0.15) is 13.2 Å². The Bertz CT molecular complexity index is 301. The number of hydrogen-bond acceptors (Lipinski definition) is 3. The first-order valence-electron chi connectivity index (χ1n) is 8.23. The molecule has 0 bridgehead atoms. The Labute approximate surface area is 125 Å². The van der Waals surface area contributed by atoms with E-state index in [2.05, 4.69) is 17.1 Å². The minimum absolute atomic E-state index is 0.542. The zero-order valence-corrected chi connectivity index (χ0v) is 13.0. The highest BCUT2D eigenvalue weighted by atomic mass is 19.4. The van der Waals surface area contributed by atoms with Gasteiger partial charge in [0.2, 0.25) is 0 Å². The molecule has 1 aliphatic carbocycles. The third-order valence-electron chi connectivity index (χ3n) is 4.81. The SMILES string of the molecule is CCNC1CCCC1CCN1CCN(CC(F)(F)F)CC1. The van der Waals surface area contributed by atoms with Crippen molar-refractivity contribution in [2.24, 2.45) is 5.92 Å². The van der Waals surface area contributed by atoms with Crippen molar-refractivity contribution >= 4 is 0 Å². The molecule has 0 aromatic carbocycles. The maximum absolute atomic E-state index is 12.3. The monoisotopic (exact) mass is 307 g/mol. The molecule has 3 nitrogen and oxygen atoms in total. The summed E-state index contributed by atoms with van der Waals surface area (Å²) in [5, 5.41) is 3.56. The Morgan fingerprint density at radius 3 is 2.33 bits per heavy atom. The van der Waals surface area contributed by atoms with Crippen LogP contribution in [0.25, 0.3) is 0 Å². The summed E-state index contributed by atoms with van der Waals surface area (Å²) in [7, 11) is 0. The highest BCUT2D eigenvalue weighted by molar-refractivity contribution is 4.84. The zero-order chi connectivity index (χ0) is 15.3. The molecule has 2 unspecified atom stereocenters. The van der Waals surface area contributed by atoms with Crippen LogP contribution in [0.1, 0.15) is 32.6 Å². The molecule has 0 aromatic rings. The second-order valence-electron chi connectivity index (χ2n) is 6.38. The Kier molecular flexibility index (Phi) is 6.32. The number of nitrogens with zero attached hydrogens (tertiary/aromatic N) is 2. The molecular weight excluding hydrogens is 279 g/mol. The molecule has 2 aliphatic rings. The van der Waals surface area contributed by atoms with Crippen LogP contribution in [0.15, 0.2) is 0 Å². The quantitative estimate of drug-likeness (QED) is 0.812. The lowest BCUT2D eigenvalue weighted by Crippen LogP contribution is -2.49. The average Bonchev–Trinajstić information content (AvgIpc) is 2.84. The van der Waals surface area contributed by atoms with E-state index in [9.17, 15) is 13.2 Å². The van der Waals surface area contributed by atoms with Gasteiger partial charge in [-0.1, -0.05) is 13.3 Å². The predicted molar refractivity (Wildman–Crippen MR) is 78.4 cm³/mol. The first-order chi connectivity index (χ1) is 9.98. The van der Waals surface area contributed by atoms with E-state index < -0.39 is 12.7 Å². The number of alkyl halides is 3. The maximum atomic E-state index is 12.3. The highest BCUT2D eigenvalue weighted by Gasteiger charge is 2.32. The van der Waals surface area contributed by atoms with E-state index in [0.29, 0.717) is 19.1 Å². The van der Waals surface area contributed by atoms with Crippen molar-refractivity contribution in [1.82, 2.24) is 15.1 Å². The average molecular weight is 307 g/mol. The molecule has 1 heterocycles. The van der Waals surface area contributed by atoms with E-state index in [1.165, 1.54) is 30.6 Å². The van der Waals surface area contributed by atoms with E-state index in [-0.39, 0.29) is 0 Å². The summed E-state index contributed by atoms with van der Waals surface area (Å²) < 4.78 is 37.0. The fourth-order valence-electron chi connectivity index (χ4n) is 3.69. The standard InChI is InChI=1S/C15H28F3N3/c1-2-19-14-5-3-4-13(14)6-7-20-8-10-21(11-9-20)12-15(16,17)18/h13-14,19H,2-12H2,1H3. The molecule has 2 fully saturated rings. The minimum Gasteiger partial charge on any atom is -0.314 e. The third kappa shape index (κ3) is 5.75. The van der Waals surface area contributed by atoms with Crippen molar-refractivity contribution in [1.29, 1.82) is 0 Å². The Balaban J connectivity index is 1.65. The number of rotatable bonds is 6. The molecule has 21 heavy (non-hydrogen) atoms. The van der Waals surface area contributed by atoms with Crippen molar-refractivity contribution in [2.45, 2.75) is 44.8 Å². The fourth-order valence-corrected chi connectivity index (χ4v) is 3.69. The lowest BCUT2D eigenvalue weighted by Gasteiger charge is -2.35. The van der Waals surface area contributed by atoms with E-state index in [1.807, 2.05) is 0 Å². The van der Waals surface area contributed by atoms with Gasteiger partial charge in [-0.05, 0) is 38.3 Å². The van der Waals surface area contributed by atoms with Gasteiger partial charge in [0.1, 0.15) is 0 Å². The Morgan fingerprint density at radius 1 is 1.05 bits per heavy atom. The van der Waals surface area contributed by atoms with Gasteiger partial charge in [-0.3, -0.25) is 4.90 Å². The Morgan fingerprint density at radius 2 is 1.71 bits per heavy atom. The second-order valence-corrected chi connectivity index (χ2v) is 6.38. The van der Waals surface area contributed by atoms with Gasteiger partial charge < -0.3 is 10.2 Å². The smallest absolute Gasteiger partial charge is 0.314 e. The van der Waals surface area contributed by atoms with Gasteiger partial charge in [0.15, 0.2) is 0 Å². The summed E-state index contributed by atoms with van der Waals surface area (Å²) >= 11 is 0. The molecular formula is C15H28F3N3. The molecule has 1 saturated heterocycles. The van der Waals surface area contributed by atoms with Crippen LogP contribution in [-0.2, 0) is 0 Å². The molecule has 2 atom stereocenters. The summed E-state index contributed by atoms with van der Waals surface area (Å²) in [4.78, 5) is 3.85. The number of halogens is 3. The van der Waals surface area contributed by atoms with Crippen LogP contribution < -0.4 is 5.32 Å². The Hall–Kier alpha value is -0.330. The first kappa shape index (κ1) is 17.0. The van der Waals surface area contributed by atoms with Gasteiger partial charge in [0.05, 0.1) is 6.54 Å². The summed E-state index contributed by atoms with van der Waals surface area (Å²) in [5.74, 6) is 0.748. The largest absolute Gasteiger partial charge is 0.401 e. The van der Waals surface area contributed by atoms with Crippen molar-refractivity contribution < 1.29 is 13.2 Å². The fraction of sp³-hybridized carbons (Fsp3) is 1.00. The van der Waals surface area contributed by atoms with Gasteiger partial charge >= 0.3 is 6.18 Å². The molecule has 0 spiro atoms. The number of piperazine rings is 1. The normalized spacial score (nSPS) is 29.1. The van der Waals surface area contributed by atoms with Crippen LogP contribution in [-0.4, -0.2) is 67.8 Å². The lowest BCUT2D eigenvalue weighted by molar-refractivity contribution is -0.149. The minimum atomic E-state index is -4.06. The topological polar surface area (TPSA) is 18.5 Å². The second kappa shape index (κ2) is 7.79. The molecule has 1 aliphatic heterocycles. The van der Waals surface area contributed by atoms with Crippen LogP contribution in [0.5, 0.6) is 0 Å². The zero-order valence-electron chi connectivity index (χ0n) is 13.0. The predicted octanol–water partition coefficient (Wildman–Crippen LogP) is 2.33. The third-order valence-corrected chi connectivity index (χ3v) is 4.81. The van der Waals surface area contributed by atoms with E-state index in [4.69, 9.17) is 0 Å². The summed E-state index contributed by atoms with van der Waals surface area (Å²) in [6.45, 7) is 6.08. The van der Waals surface area contributed by atoms with Crippen LogP contribution in [0.4, 0.5) is 13.2 Å². The summed E-state index contributed by atoms with van der Waals surface area (Å²) in [5.41, 5.74) is 0. The molecule has 1 N–H and O–H groups in total. The lowest BCUT2D eigenvalue weighted by atomic mass is 9.99. The van der Waals surface area contributed by atoms with Crippen LogP contribution >= 0.6 is 0 Å². The molecule has 1 saturated carbocycles. The van der Waals surface area contributed by atoms with E-state index in [1.54, 1.807) is 0 Å². The molecule has 2 rings (SSSR count). The van der Waals surface area contributed by atoms with Gasteiger partial charge in [-0.15, -0.1) is 0 Å². The number of hydrogen-bond donors (Lipinski definition) is 1. The first-order valence-corrected chi connectivity index (χ1v) is 8.23. The van der Waals surface area contributed by atoms with Gasteiger partial charge in [0.25, 0.3) is 0 Å². The molecule has 124 valence electrons.